The fourth-order valence-corrected chi connectivity index (χ4v) is 8.13. The molecule has 2 heterocycles. The summed E-state index contributed by atoms with van der Waals surface area (Å²) >= 11 is 7.83. The second-order valence-corrected chi connectivity index (χ2v) is 13.6. The van der Waals surface area contributed by atoms with Crippen molar-refractivity contribution in [2.75, 3.05) is 18.2 Å². The van der Waals surface area contributed by atoms with Gasteiger partial charge in [-0.15, -0.1) is 23.4 Å². The largest absolute Gasteiger partial charge is 0.452 e. The Bertz CT molecular complexity index is 1680. The standard InChI is InChI=1S/C39H37ClN2O6S/c1-2-30(37(45)47-32(26-15-7-3-8-16-26)27-17-9-4-10-18-27)34(43)41-31-35(44)42-24-39(23-40,25-49-36(31)42)38(46)48-33(28-19-11-5-12-20-28)29-21-13-6-14-22-29/h3-22,30-33,36H,2,23-25H2,1H3,(H,41,43)/t30?,31?,36-,39?/m1/s1. The number of hydrogen-bond donors (Lipinski definition) is 1. The molecule has 1 N–H and O–H groups in total. The van der Waals surface area contributed by atoms with Crippen molar-refractivity contribution in [3.05, 3.63) is 144 Å². The second-order valence-electron chi connectivity index (χ2n) is 12.3. The minimum Gasteiger partial charge on any atom is -0.452 e. The number of rotatable bonds is 12. The molecule has 10 heteroatoms. The van der Waals surface area contributed by atoms with Crippen molar-refractivity contribution in [2.45, 2.75) is 37.0 Å². The Hall–Kier alpha value is -4.60. The third-order valence-electron chi connectivity index (χ3n) is 9.01. The Balaban J connectivity index is 1.11. The Morgan fingerprint density at radius 1 is 0.796 bits per heavy atom. The van der Waals surface area contributed by atoms with Crippen molar-refractivity contribution >= 4 is 47.1 Å². The summed E-state index contributed by atoms with van der Waals surface area (Å²) in [5.41, 5.74) is 2.05. The van der Waals surface area contributed by atoms with E-state index >= 15 is 0 Å². The lowest BCUT2D eigenvalue weighted by molar-refractivity contribution is -0.166. The van der Waals surface area contributed by atoms with Crippen LogP contribution in [0.25, 0.3) is 0 Å². The maximum atomic E-state index is 13.9. The van der Waals surface area contributed by atoms with Gasteiger partial charge in [0, 0.05) is 18.2 Å². The molecule has 8 nitrogen and oxygen atoms in total. The van der Waals surface area contributed by atoms with E-state index in [1.54, 1.807) is 11.8 Å². The zero-order valence-corrected chi connectivity index (χ0v) is 28.5. The molecule has 0 aliphatic carbocycles. The molecular formula is C39H37ClN2O6S. The van der Waals surface area contributed by atoms with Crippen LogP contribution in [0.3, 0.4) is 0 Å². The van der Waals surface area contributed by atoms with Gasteiger partial charge in [-0.3, -0.25) is 19.2 Å². The molecule has 2 aliphatic rings. The van der Waals surface area contributed by atoms with Gasteiger partial charge >= 0.3 is 11.9 Å². The zero-order valence-electron chi connectivity index (χ0n) is 26.9. The van der Waals surface area contributed by atoms with Crippen molar-refractivity contribution < 1.29 is 28.7 Å². The number of carbonyl (C=O) groups is 4. The lowest BCUT2D eigenvalue weighted by atomic mass is 9.88. The lowest BCUT2D eigenvalue weighted by Gasteiger charge is -2.54. The topological polar surface area (TPSA) is 102 Å². The third kappa shape index (κ3) is 7.23. The Morgan fingerprint density at radius 3 is 1.67 bits per heavy atom. The summed E-state index contributed by atoms with van der Waals surface area (Å²) in [6, 6.07) is 36.8. The average molecular weight is 697 g/mol. The first-order chi connectivity index (χ1) is 23.8. The fourth-order valence-electron chi connectivity index (χ4n) is 6.20. The summed E-state index contributed by atoms with van der Waals surface area (Å²) < 4.78 is 12.1. The van der Waals surface area contributed by atoms with Crippen molar-refractivity contribution in [1.82, 2.24) is 10.2 Å². The predicted octanol–water partition coefficient (Wildman–Crippen LogP) is 6.30. The van der Waals surface area contributed by atoms with E-state index in [-0.39, 0.29) is 24.8 Å². The van der Waals surface area contributed by atoms with Crippen LogP contribution in [0.2, 0.25) is 0 Å². The van der Waals surface area contributed by atoms with E-state index in [2.05, 4.69) is 5.32 Å². The third-order valence-corrected chi connectivity index (χ3v) is 11.1. The van der Waals surface area contributed by atoms with Crippen molar-refractivity contribution in [3.8, 4) is 0 Å². The van der Waals surface area contributed by atoms with Crippen molar-refractivity contribution in [1.29, 1.82) is 0 Å². The van der Waals surface area contributed by atoms with Crippen LogP contribution in [-0.4, -0.2) is 58.2 Å². The highest BCUT2D eigenvalue weighted by molar-refractivity contribution is 8.00. The molecule has 0 saturated carbocycles. The van der Waals surface area contributed by atoms with Crippen LogP contribution in [0.15, 0.2) is 121 Å². The molecule has 252 valence electrons. The molecule has 0 aromatic heterocycles. The number of alkyl halides is 1. The second kappa shape index (κ2) is 15.3. The highest BCUT2D eigenvalue weighted by Gasteiger charge is 2.58. The van der Waals surface area contributed by atoms with E-state index in [1.807, 2.05) is 121 Å². The molecule has 0 spiro atoms. The number of hydrogen-bond acceptors (Lipinski definition) is 7. The maximum absolute atomic E-state index is 13.9. The van der Waals surface area contributed by atoms with Crippen LogP contribution < -0.4 is 5.32 Å². The molecule has 4 aromatic carbocycles. The lowest BCUT2D eigenvalue weighted by Crippen LogP contribution is -2.74. The molecule has 3 unspecified atom stereocenters. The summed E-state index contributed by atoms with van der Waals surface area (Å²) in [6.45, 7) is 1.79. The zero-order chi connectivity index (χ0) is 34.4. The quantitative estimate of drug-likeness (QED) is 0.0803. The molecule has 4 aromatic rings. The minimum atomic E-state index is -1.14. The van der Waals surface area contributed by atoms with Crippen LogP contribution in [0.1, 0.15) is 47.8 Å². The van der Waals surface area contributed by atoms with Crippen molar-refractivity contribution in [3.63, 3.8) is 0 Å². The number of carbonyl (C=O) groups excluding carboxylic acids is 4. The van der Waals surface area contributed by atoms with Gasteiger partial charge in [0.15, 0.2) is 12.2 Å². The molecule has 4 atom stereocenters. The van der Waals surface area contributed by atoms with Crippen molar-refractivity contribution in [2.24, 2.45) is 11.3 Å². The van der Waals surface area contributed by atoms with Gasteiger partial charge in [0.1, 0.15) is 22.7 Å². The van der Waals surface area contributed by atoms with Crippen LogP contribution in [0.5, 0.6) is 0 Å². The number of thioether (sulfide) groups is 1. The number of ether oxygens (including phenoxy) is 2. The van der Waals surface area contributed by atoms with Gasteiger partial charge in [0.25, 0.3) is 0 Å². The van der Waals surface area contributed by atoms with Crippen LogP contribution in [-0.2, 0) is 28.7 Å². The van der Waals surface area contributed by atoms with Gasteiger partial charge in [0.05, 0.1) is 0 Å². The average Bonchev–Trinajstić information content (AvgIpc) is 3.16. The summed E-state index contributed by atoms with van der Waals surface area (Å²) in [5.74, 6) is -2.95. The number of benzene rings is 4. The summed E-state index contributed by atoms with van der Waals surface area (Å²) in [5, 5.41) is 2.39. The number of halogens is 1. The van der Waals surface area contributed by atoms with Crippen LogP contribution in [0.4, 0.5) is 0 Å². The molecule has 2 saturated heterocycles. The van der Waals surface area contributed by atoms with Crippen LogP contribution in [0, 0.1) is 11.3 Å². The minimum absolute atomic E-state index is 0.0452. The van der Waals surface area contributed by atoms with Gasteiger partial charge in [-0.05, 0) is 28.7 Å². The van der Waals surface area contributed by atoms with Gasteiger partial charge in [-0.2, -0.15) is 0 Å². The maximum Gasteiger partial charge on any atom is 0.319 e. The van der Waals surface area contributed by atoms with E-state index in [0.29, 0.717) is 5.75 Å². The van der Waals surface area contributed by atoms with Gasteiger partial charge in [0.2, 0.25) is 11.8 Å². The summed E-state index contributed by atoms with van der Waals surface area (Å²) in [7, 11) is 0. The normalized spacial score (nSPS) is 20.6. The molecule has 2 fully saturated rings. The fraction of sp³-hybridized carbons (Fsp3) is 0.282. The number of β-lactam (4-membered cyclic amide) rings is 1. The number of nitrogens with zero attached hydrogens (tertiary/aromatic N) is 1. The monoisotopic (exact) mass is 696 g/mol. The van der Waals surface area contributed by atoms with E-state index in [0.717, 1.165) is 22.3 Å². The Morgan fingerprint density at radius 2 is 1.24 bits per heavy atom. The highest BCUT2D eigenvalue weighted by atomic mass is 35.5. The van der Waals surface area contributed by atoms with E-state index in [9.17, 15) is 19.2 Å². The summed E-state index contributed by atoms with van der Waals surface area (Å²) in [4.78, 5) is 55.8. The van der Waals surface area contributed by atoms with Gasteiger partial charge in [-0.25, -0.2) is 0 Å². The van der Waals surface area contributed by atoms with Gasteiger partial charge < -0.3 is 19.7 Å². The number of amides is 2. The Kier molecular flexibility index (Phi) is 10.7. The van der Waals surface area contributed by atoms with Gasteiger partial charge in [-0.1, -0.05) is 128 Å². The first kappa shape index (κ1) is 34.3. The number of fused-ring (bicyclic) bond motifs is 1. The smallest absolute Gasteiger partial charge is 0.319 e. The molecule has 2 amide bonds. The van der Waals surface area contributed by atoms with Crippen LogP contribution >= 0.6 is 23.4 Å². The number of esters is 2. The van der Waals surface area contributed by atoms with E-state index in [4.69, 9.17) is 21.1 Å². The Labute approximate surface area is 295 Å². The number of nitrogens with one attached hydrogen (secondary N) is 1. The first-order valence-electron chi connectivity index (χ1n) is 16.2. The predicted molar refractivity (Wildman–Crippen MR) is 188 cm³/mol. The highest BCUT2D eigenvalue weighted by Crippen LogP contribution is 2.44. The first-order valence-corrected chi connectivity index (χ1v) is 17.8. The summed E-state index contributed by atoms with van der Waals surface area (Å²) in [6.07, 6.45) is -1.15. The SMILES string of the molecule is CCC(C(=O)NC1C(=O)N2CC(CCl)(C(=O)OC(c3ccccc3)c3ccccc3)CS[C@H]12)C(=O)OC(c1ccccc1)c1ccccc1. The molecule has 0 radical (unpaired) electrons. The molecule has 6 rings (SSSR count). The van der Waals surface area contributed by atoms with E-state index in [1.165, 1.54) is 11.8 Å². The molecule has 2 aliphatic heterocycles. The molecule has 49 heavy (non-hydrogen) atoms. The molecular weight excluding hydrogens is 660 g/mol. The van der Waals surface area contributed by atoms with E-state index < -0.39 is 52.8 Å². The molecule has 0 bridgehead atoms.